The lowest BCUT2D eigenvalue weighted by Gasteiger charge is -2.15. The maximum atomic E-state index is 5.41. The van der Waals surface area contributed by atoms with Crippen LogP contribution in [0.5, 0.6) is 5.75 Å². The summed E-state index contributed by atoms with van der Waals surface area (Å²) in [4.78, 5) is 0.332. The highest BCUT2D eigenvalue weighted by Crippen LogP contribution is 2.32. The summed E-state index contributed by atoms with van der Waals surface area (Å²) in [6.07, 6.45) is 0.992. The molecule has 19 heavy (non-hydrogen) atoms. The number of alkyl halides is 1. The van der Waals surface area contributed by atoms with Crippen LogP contribution in [0.4, 0.5) is 0 Å². The lowest BCUT2D eigenvalue weighted by atomic mass is 10.00. The van der Waals surface area contributed by atoms with Gasteiger partial charge in [-0.15, -0.1) is 0 Å². The second-order valence-electron chi connectivity index (χ2n) is 4.85. The average Bonchev–Trinajstić information content (AvgIpc) is 2.39. The molecule has 2 rings (SSSR count). The molecule has 1 unspecified atom stereocenters. The van der Waals surface area contributed by atoms with Gasteiger partial charge in [0.25, 0.3) is 0 Å². The van der Waals surface area contributed by atoms with Gasteiger partial charge in [-0.2, -0.15) is 0 Å². The summed E-state index contributed by atoms with van der Waals surface area (Å²) in [7, 11) is 1.73. The molecule has 0 N–H and O–H groups in total. The van der Waals surface area contributed by atoms with Crippen molar-refractivity contribution in [1.82, 2.24) is 0 Å². The van der Waals surface area contributed by atoms with Crippen molar-refractivity contribution in [3.8, 4) is 5.75 Å². The number of aryl methyl sites for hydroxylation is 2. The first kappa shape index (κ1) is 14.1. The molecule has 0 aliphatic carbocycles. The minimum Gasteiger partial charge on any atom is -0.496 e. The van der Waals surface area contributed by atoms with Gasteiger partial charge in [0.05, 0.1) is 7.11 Å². The number of hydrogen-bond donors (Lipinski definition) is 0. The molecule has 2 heteroatoms. The zero-order valence-corrected chi connectivity index (χ0v) is 13.2. The van der Waals surface area contributed by atoms with Gasteiger partial charge >= 0.3 is 0 Å². The van der Waals surface area contributed by atoms with E-state index < -0.39 is 0 Å². The van der Waals surface area contributed by atoms with Crippen LogP contribution in [0.3, 0.4) is 0 Å². The molecule has 0 heterocycles. The average molecular weight is 319 g/mol. The molecule has 0 aromatic heterocycles. The maximum Gasteiger partial charge on any atom is 0.124 e. The highest BCUT2D eigenvalue weighted by molar-refractivity contribution is 9.09. The van der Waals surface area contributed by atoms with Crippen molar-refractivity contribution in [3.63, 3.8) is 0 Å². The molecule has 0 aliphatic rings. The van der Waals surface area contributed by atoms with Crippen LogP contribution in [0.2, 0.25) is 0 Å². The topological polar surface area (TPSA) is 9.23 Å². The lowest BCUT2D eigenvalue weighted by Crippen LogP contribution is -1.99. The molecule has 1 nitrogen and oxygen atoms in total. The Morgan fingerprint density at radius 3 is 2.16 bits per heavy atom. The molecule has 0 saturated carbocycles. The Morgan fingerprint density at radius 2 is 1.63 bits per heavy atom. The van der Waals surface area contributed by atoms with E-state index in [0.717, 1.165) is 12.2 Å². The first-order chi connectivity index (χ1) is 9.11. The lowest BCUT2D eigenvalue weighted by molar-refractivity contribution is 0.408. The van der Waals surface area contributed by atoms with Gasteiger partial charge in [-0.3, -0.25) is 0 Å². The molecule has 0 fully saturated rings. The Hall–Kier alpha value is -1.28. The first-order valence-corrected chi connectivity index (χ1v) is 7.36. The number of halogens is 1. The normalized spacial score (nSPS) is 12.2. The molecule has 0 radical (unpaired) electrons. The summed E-state index contributed by atoms with van der Waals surface area (Å²) in [5.41, 5.74) is 5.03. The summed E-state index contributed by atoms with van der Waals surface area (Å²) in [6.45, 7) is 4.19. The molecule has 0 saturated heterocycles. The molecular weight excluding hydrogens is 300 g/mol. The van der Waals surface area contributed by atoms with Crippen molar-refractivity contribution in [3.05, 3.63) is 64.7 Å². The summed E-state index contributed by atoms with van der Waals surface area (Å²) in [5, 5.41) is 0. The summed E-state index contributed by atoms with van der Waals surface area (Å²) < 4.78 is 5.41. The fourth-order valence-electron chi connectivity index (χ4n) is 2.43. The Kier molecular flexibility index (Phi) is 4.65. The largest absolute Gasteiger partial charge is 0.496 e. The smallest absolute Gasteiger partial charge is 0.124 e. The highest BCUT2D eigenvalue weighted by Gasteiger charge is 2.12. The van der Waals surface area contributed by atoms with Gasteiger partial charge in [0, 0.05) is 4.83 Å². The van der Waals surface area contributed by atoms with Gasteiger partial charge in [0.15, 0.2) is 0 Å². The van der Waals surface area contributed by atoms with Crippen LogP contribution < -0.4 is 4.74 Å². The Balaban J connectivity index is 2.22. The van der Waals surface area contributed by atoms with Crippen LogP contribution in [0.1, 0.15) is 27.1 Å². The SMILES string of the molecule is COc1c(C)cc(C(Br)Cc2ccccc2)cc1C. The van der Waals surface area contributed by atoms with Crippen molar-refractivity contribution in [2.24, 2.45) is 0 Å². The number of hydrogen-bond acceptors (Lipinski definition) is 1. The third-order valence-electron chi connectivity index (χ3n) is 3.31. The van der Waals surface area contributed by atoms with Gasteiger partial charge in [0.2, 0.25) is 0 Å². The number of benzene rings is 2. The van der Waals surface area contributed by atoms with Crippen molar-refractivity contribution in [1.29, 1.82) is 0 Å². The predicted molar refractivity (Wildman–Crippen MR) is 84.3 cm³/mol. The van der Waals surface area contributed by atoms with E-state index in [2.05, 4.69) is 72.2 Å². The number of rotatable bonds is 4. The third kappa shape index (κ3) is 3.38. The molecule has 0 spiro atoms. The van der Waals surface area contributed by atoms with Crippen LogP contribution in [-0.2, 0) is 6.42 Å². The fraction of sp³-hybridized carbons (Fsp3) is 0.294. The zero-order valence-electron chi connectivity index (χ0n) is 11.6. The zero-order chi connectivity index (χ0) is 13.8. The molecule has 0 bridgehead atoms. The van der Waals surface area contributed by atoms with Crippen molar-refractivity contribution in [2.45, 2.75) is 25.1 Å². The summed E-state index contributed by atoms with van der Waals surface area (Å²) >= 11 is 3.80. The van der Waals surface area contributed by atoms with Gasteiger partial charge < -0.3 is 4.74 Å². The quantitative estimate of drug-likeness (QED) is 0.721. The number of methoxy groups -OCH3 is 1. The van der Waals surface area contributed by atoms with E-state index in [0.29, 0.717) is 4.83 Å². The number of ether oxygens (including phenoxy) is 1. The van der Waals surface area contributed by atoms with Gasteiger partial charge in [0.1, 0.15) is 5.75 Å². The summed E-state index contributed by atoms with van der Waals surface area (Å²) in [5.74, 6) is 0.989. The van der Waals surface area contributed by atoms with Gasteiger partial charge in [-0.1, -0.05) is 58.4 Å². The second-order valence-corrected chi connectivity index (χ2v) is 5.95. The van der Waals surface area contributed by atoms with Crippen LogP contribution in [-0.4, -0.2) is 7.11 Å². The minimum atomic E-state index is 0.332. The highest BCUT2D eigenvalue weighted by atomic mass is 79.9. The molecule has 1 atom stereocenters. The van der Waals surface area contributed by atoms with Gasteiger partial charge in [-0.05, 0) is 42.5 Å². The van der Waals surface area contributed by atoms with E-state index in [4.69, 9.17) is 4.74 Å². The van der Waals surface area contributed by atoms with E-state index in [1.807, 2.05) is 0 Å². The Labute approximate surface area is 123 Å². The van der Waals surface area contributed by atoms with Crippen molar-refractivity contribution in [2.75, 3.05) is 7.11 Å². The molecule has 2 aromatic rings. The van der Waals surface area contributed by atoms with Crippen LogP contribution in [0.15, 0.2) is 42.5 Å². The molecule has 0 amide bonds. The van der Waals surface area contributed by atoms with Crippen LogP contribution in [0, 0.1) is 13.8 Å². The van der Waals surface area contributed by atoms with Crippen LogP contribution in [0.25, 0.3) is 0 Å². The van der Waals surface area contributed by atoms with E-state index in [9.17, 15) is 0 Å². The Morgan fingerprint density at radius 1 is 1.05 bits per heavy atom. The van der Waals surface area contributed by atoms with Gasteiger partial charge in [-0.25, -0.2) is 0 Å². The molecule has 0 aliphatic heterocycles. The predicted octanol–water partition coefficient (Wildman–Crippen LogP) is 4.99. The molecule has 2 aromatic carbocycles. The molecule has 100 valence electrons. The second kappa shape index (κ2) is 6.25. The van der Waals surface area contributed by atoms with E-state index in [1.165, 1.54) is 22.3 Å². The summed E-state index contributed by atoms with van der Waals surface area (Å²) in [6, 6.07) is 14.9. The minimum absolute atomic E-state index is 0.332. The first-order valence-electron chi connectivity index (χ1n) is 6.45. The van der Waals surface area contributed by atoms with Crippen molar-refractivity contribution < 1.29 is 4.74 Å². The maximum absolute atomic E-state index is 5.41. The third-order valence-corrected chi connectivity index (χ3v) is 4.16. The Bertz CT molecular complexity index is 525. The van der Waals surface area contributed by atoms with E-state index in [-0.39, 0.29) is 0 Å². The fourth-order valence-corrected chi connectivity index (χ4v) is 3.06. The van der Waals surface area contributed by atoms with E-state index >= 15 is 0 Å². The molecular formula is C17H19BrO. The monoisotopic (exact) mass is 318 g/mol. The van der Waals surface area contributed by atoms with E-state index in [1.54, 1.807) is 7.11 Å². The standard InChI is InChI=1S/C17H19BrO/c1-12-9-15(10-13(2)17(12)19-3)16(18)11-14-7-5-4-6-8-14/h4-10,16H,11H2,1-3H3. The van der Waals surface area contributed by atoms with Crippen molar-refractivity contribution >= 4 is 15.9 Å². The van der Waals surface area contributed by atoms with Crippen LogP contribution >= 0.6 is 15.9 Å².